The molecule has 1 aliphatic rings. The van der Waals surface area contributed by atoms with Crippen LogP contribution in [0.1, 0.15) is 30.1 Å². The molecule has 2 aromatic carbocycles. The molecule has 0 spiro atoms. The number of amides is 1. The number of hydrogen-bond donors (Lipinski definition) is 2. The molecule has 0 aliphatic carbocycles. The highest BCUT2D eigenvalue weighted by atomic mass is 16.3. The van der Waals surface area contributed by atoms with Crippen molar-refractivity contribution < 1.29 is 9.90 Å². The molecular weight excluding hydrogens is 264 g/mol. The predicted molar refractivity (Wildman–Crippen MR) is 83.0 cm³/mol. The number of aliphatic hydroxyl groups excluding tert-OH is 1. The van der Waals surface area contributed by atoms with E-state index < -0.39 is 6.10 Å². The van der Waals surface area contributed by atoms with Crippen LogP contribution in [0.15, 0.2) is 53.5 Å². The first kappa shape index (κ1) is 13.5. The molecule has 1 amide bonds. The van der Waals surface area contributed by atoms with Crippen LogP contribution in [0.4, 0.5) is 11.4 Å². The number of carbonyl (C=O) groups excluding carboxylic acids is 1. The number of nitrogens with zero attached hydrogens (tertiary/aromatic N) is 1. The molecule has 0 fully saturated rings. The van der Waals surface area contributed by atoms with Crippen LogP contribution in [0, 0.1) is 0 Å². The van der Waals surface area contributed by atoms with Gasteiger partial charge in [-0.15, -0.1) is 0 Å². The summed E-state index contributed by atoms with van der Waals surface area (Å²) in [7, 11) is 0. The molecule has 0 aromatic heterocycles. The van der Waals surface area contributed by atoms with Gasteiger partial charge < -0.3 is 10.4 Å². The maximum atomic E-state index is 12.0. The third-order valence-electron chi connectivity index (χ3n) is 3.56. The number of aliphatic imine (C=N–C) groups is 1. The summed E-state index contributed by atoms with van der Waals surface area (Å²) >= 11 is 0. The minimum absolute atomic E-state index is 0.0633. The fourth-order valence-electron chi connectivity index (χ4n) is 2.41. The highest BCUT2D eigenvalue weighted by Gasteiger charge is 2.28. The molecule has 106 valence electrons. The highest BCUT2D eigenvalue weighted by molar-refractivity contribution is 6.12. The molecule has 4 nitrogen and oxygen atoms in total. The van der Waals surface area contributed by atoms with Gasteiger partial charge >= 0.3 is 0 Å². The Morgan fingerprint density at radius 3 is 2.86 bits per heavy atom. The van der Waals surface area contributed by atoms with E-state index in [0.29, 0.717) is 0 Å². The smallest absolute Gasteiger partial charge is 0.237 e. The second-order valence-electron chi connectivity index (χ2n) is 5.10. The molecule has 0 bridgehead atoms. The van der Waals surface area contributed by atoms with Gasteiger partial charge in [0.15, 0.2) is 0 Å². The van der Waals surface area contributed by atoms with E-state index in [4.69, 9.17) is 0 Å². The molecule has 21 heavy (non-hydrogen) atoms. The Morgan fingerprint density at radius 2 is 2.05 bits per heavy atom. The topological polar surface area (TPSA) is 61.7 Å². The number of aliphatic hydroxyl groups is 1. The van der Waals surface area contributed by atoms with Crippen molar-refractivity contribution in [3.8, 4) is 0 Å². The summed E-state index contributed by atoms with van der Waals surface area (Å²) in [6, 6.07) is 15.0. The summed E-state index contributed by atoms with van der Waals surface area (Å²) in [5.74, 6) is -0.428. The molecule has 3 rings (SSSR count). The fraction of sp³-hybridized carbons (Fsp3) is 0.176. The molecular formula is C17H16N2O2. The van der Waals surface area contributed by atoms with Crippen LogP contribution < -0.4 is 5.32 Å². The van der Waals surface area contributed by atoms with E-state index in [-0.39, 0.29) is 11.8 Å². The Kier molecular flexibility index (Phi) is 3.54. The number of benzene rings is 2. The minimum Gasteiger partial charge on any atom is -0.389 e. The first-order valence-corrected chi connectivity index (χ1v) is 6.87. The average Bonchev–Trinajstić information content (AvgIpc) is 2.81. The summed E-state index contributed by atoms with van der Waals surface area (Å²) in [5.41, 5.74) is 3.32. The Morgan fingerprint density at radius 1 is 1.24 bits per heavy atom. The normalized spacial score (nSPS) is 18.6. The molecule has 1 heterocycles. The maximum Gasteiger partial charge on any atom is 0.237 e. The molecule has 0 saturated heterocycles. The van der Waals surface area contributed by atoms with Crippen molar-refractivity contribution in [2.45, 2.75) is 18.9 Å². The molecule has 1 aliphatic heterocycles. The van der Waals surface area contributed by atoms with E-state index in [1.807, 2.05) is 48.5 Å². The number of nitrogens with one attached hydrogen (secondary N) is 1. The van der Waals surface area contributed by atoms with E-state index in [9.17, 15) is 9.90 Å². The van der Waals surface area contributed by atoms with E-state index in [1.54, 1.807) is 13.1 Å². The van der Waals surface area contributed by atoms with Crippen LogP contribution in [0.25, 0.3) is 0 Å². The van der Waals surface area contributed by atoms with E-state index in [0.717, 1.165) is 22.5 Å². The lowest BCUT2D eigenvalue weighted by molar-refractivity contribution is -0.115. The summed E-state index contributed by atoms with van der Waals surface area (Å²) in [6.07, 6.45) is 1.12. The molecule has 0 radical (unpaired) electrons. The van der Waals surface area contributed by atoms with Crippen LogP contribution in [-0.4, -0.2) is 17.2 Å². The monoisotopic (exact) mass is 280 g/mol. The zero-order valence-electron chi connectivity index (χ0n) is 11.7. The fourth-order valence-corrected chi connectivity index (χ4v) is 2.41. The van der Waals surface area contributed by atoms with Gasteiger partial charge in [-0.3, -0.25) is 9.79 Å². The van der Waals surface area contributed by atoms with Crippen LogP contribution >= 0.6 is 0 Å². The van der Waals surface area contributed by atoms with Crippen LogP contribution in [0.5, 0.6) is 0 Å². The summed E-state index contributed by atoms with van der Waals surface area (Å²) in [5, 5.41) is 12.4. The standard InChI is InChI=1S/C17H16N2O2/c1-11(20)12-5-4-6-13(9-12)18-10-15-14-7-2-3-8-16(14)19-17(15)21/h2-11,15,20H,1H3,(H,19,21). The lowest BCUT2D eigenvalue weighted by atomic mass is 10.0. The van der Waals surface area contributed by atoms with Gasteiger partial charge in [-0.2, -0.15) is 0 Å². The van der Waals surface area contributed by atoms with Gasteiger partial charge in [0, 0.05) is 11.9 Å². The maximum absolute atomic E-state index is 12.0. The van der Waals surface area contributed by atoms with E-state index in [1.165, 1.54) is 0 Å². The van der Waals surface area contributed by atoms with Crippen LogP contribution in [0.2, 0.25) is 0 Å². The largest absolute Gasteiger partial charge is 0.389 e. The molecule has 2 unspecified atom stereocenters. The van der Waals surface area contributed by atoms with Gasteiger partial charge in [-0.1, -0.05) is 30.3 Å². The number of fused-ring (bicyclic) bond motifs is 1. The quantitative estimate of drug-likeness (QED) is 0.848. The van der Waals surface area contributed by atoms with Gasteiger partial charge in [0.05, 0.1) is 11.8 Å². The zero-order valence-corrected chi connectivity index (χ0v) is 11.7. The Hall–Kier alpha value is -2.46. The van der Waals surface area contributed by atoms with Crippen molar-refractivity contribution in [2.24, 2.45) is 4.99 Å². The minimum atomic E-state index is -0.532. The number of para-hydroxylation sites is 1. The van der Waals surface area contributed by atoms with Crippen molar-refractivity contribution in [2.75, 3.05) is 5.32 Å². The molecule has 4 heteroatoms. The lowest BCUT2D eigenvalue weighted by Crippen LogP contribution is -2.12. The highest BCUT2D eigenvalue weighted by Crippen LogP contribution is 2.31. The first-order chi connectivity index (χ1) is 10.1. The summed E-state index contributed by atoms with van der Waals surface area (Å²) < 4.78 is 0. The van der Waals surface area contributed by atoms with Gasteiger partial charge in [-0.25, -0.2) is 0 Å². The Labute approximate surface area is 123 Å². The lowest BCUT2D eigenvalue weighted by Gasteiger charge is -2.05. The second-order valence-corrected chi connectivity index (χ2v) is 5.10. The predicted octanol–water partition coefficient (Wildman–Crippen LogP) is 3.18. The van der Waals surface area contributed by atoms with Crippen molar-refractivity contribution >= 4 is 23.5 Å². The van der Waals surface area contributed by atoms with E-state index >= 15 is 0 Å². The van der Waals surface area contributed by atoms with Gasteiger partial charge in [-0.05, 0) is 36.2 Å². The Balaban J connectivity index is 1.87. The van der Waals surface area contributed by atoms with Crippen molar-refractivity contribution in [3.05, 3.63) is 59.7 Å². The number of hydrogen-bond acceptors (Lipinski definition) is 3. The van der Waals surface area contributed by atoms with Gasteiger partial charge in [0.1, 0.15) is 5.92 Å². The second kappa shape index (κ2) is 5.50. The number of carbonyl (C=O) groups is 1. The third kappa shape index (κ3) is 2.71. The molecule has 2 atom stereocenters. The van der Waals surface area contributed by atoms with Crippen molar-refractivity contribution in [3.63, 3.8) is 0 Å². The average molecular weight is 280 g/mol. The van der Waals surface area contributed by atoms with Gasteiger partial charge in [0.2, 0.25) is 5.91 Å². The first-order valence-electron chi connectivity index (χ1n) is 6.87. The summed E-state index contributed by atoms with van der Waals surface area (Å²) in [4.78, 5) is 16.4. The molecule has 0 saturated carbocycles. The summed E-state index contributed by atoms with van der Waals surface area (Å²) in [6.45, 7) is 1.71. The number of rotatable bonds is 3. The van der Waals surface area contributed by atoms with E-state index in [2.05, 4.69) is 10.3 Å². The van der Waals surface area contributed by atoms with Gasteiger partial charge in [0.25, 0.3) is 0 Å². The van der Waals surface area contributed by atoms with Crippen LogP contribution in [-0.2, 0) is 4.79 Å². The number of anilines is 1. The molecule has 2 aromatic rings. The third-order valence-corrected chi connectivity index (χ3v) is 3.56. The molecule has 2 N–H and O–H groups in total. The zero-order chi connectivity index (χ0) is 14.8. The van der Waals surface area contributed by atoms with Crippen molar-refractivity contribution in [1.82, 2.24) is 0 Å². The Bertz CT molecular complexity index is 707. The van der Waals surface area contributed by atoms with Crippen LogP contribution in [0.3, 0.4) is 0 Å². The SMILES string of the molecule is CC(O)c1cccc(N=CC2C(=O)Nc3ccccc32)c1. The van der Waals surface area contributed by atoms with Crippen molar-refractivity contribution in [1.29, 1.82) is 0 Å².